The van der Waals surface area contributed by atoms with Gasteiger partial charge in [0, 0.05) is 21.8 Å². The second-order valence-corrected chi connectivity index (χ2v) is 7.86. The van der Waals surface area contributed by atoms with Crippen molar-refractivity contribution in [2.75, 3.05) is 0 Å². The minimum Gasteiger partial charge on any atom is -0.388 e. The maximum Gasteiger partial charge on any atom is 0.0812 e. The fourth-order valence-corrected chi connectivity index (χ4v) is 4.22. The monoisotopic (exact) mass is 289 g/mol. The van der Waals surface area contributed by atoms with Crippen LogP contribution < -0.4 is 0 Å². The van der Waals surface area contributed by atoms with Crippen LogP contribution in [0.15, 0.2) is 17.5 Å². The molecule has 3 heteroatoms. The van der Waals surface area contributed by atoms with Crippen molar-refractivity contribution >= 4 is 11.3 Å². The van der Waals surface area contributed by atoms with Crippen molar-refractivity contribution in [3.05, 3.63) is 44.9 Å². The number of aliphatic hydroxyl groups is 1. The molecule has 0 aromatic carbocycles. The molecule has 0 spiro atoms. The SMILES string of the molecule is Cc1ccsc1Cn1c(C)cc2c1CC(C)(C)CC2O. The van der Waals surface area contributed by atoms with Gasteiger partial charge in [-0.25, -0.2) is 0 Å². The first-order chi connectivity index (χ1) is 9.37. The van der Waals surface area contributed by atoms with E-state index in [1.807, 2.05) is 11.3 Å². The van der Waals surface area contributed by atoms with Crippen molar-refractivity contribution in [1.82, 2.24) is 4.57 Å². The highest BCUT2D eigenvalue weighted by atomic mass is 32.1. The molecule has 2 aromatic heterocycles. The third kappa shape index (κ3) is 2.33. The van der Waals surface area contributed by atoms with Gasteiger partial charge in [0.15, 0.2) is 0 Å². The van der Waals surface area contributed by atoms with Crippen LogP contribution in [0.1, 0.15) is 53.8 Å². The van der Waals surface area contributed by atoms with Crippen molar-refractivity contribution < 1.29 is 5.11 Å². The van der Waals surface area contributed by atoms with Gasteiger partial charge in [0.2, 0.25) is 0 Å². The van der Waals surface area contributed by atoms with Crippen molar-refractivity contribution in [1.29, 1.82) is 0 Å². The van der Waals surface area contributed by atoms with Crippen molar-refractivity contribution in [3.63, 3.8) is 0 Å². The van der Waals surface area contributed by atoms with E-state index in [0.29, 0.717) is 0 Å². The Morgan fingerprint density at radius 1 is 1.40 bits per heavy atom. The summed E-state index contributed by atoms with van der Waals surface area (Å²) in [6.07, 6.45) is 1.61. The van der Waals surface area contributed by atoms with E-state index in [4.69, 9.17) is 0 Å². The van der Waals surface area contributed by atoms with Gasteiger partial charge in [-0.15, -0.1) is 11.3 Å². The van der Waals surface area contributed by atoms with Crippen molar-refractivity contribution in [2.24, 2.45) is 5.41 Å². The summed E-state index contributed by atoms with van der Waals surface area (Å²) in [5.41, 5.74) is 5.29. The summed E-state index contributed by atoms with van der Waals surface area (Å²) < 4.78 is 2.40. The lowest BCUT2D eigenvalue weighted by molar-refractivity contribution is 0.0981. The topological polar surface area (TPSA) is 25.2 Å². The van der Waals surface area contributed by atoms with E-state index in [1.54, 1.807) is 0 Å². The molecule has 0 amide bonds. The molecule has 1 aliphatic carbocycles. The molecular weight excluding hydrogens is 266 g/mol. The Hall–Kier alpha value is -1.06. The number of nitrogens with zero attached hydrogens (tertiary/aromatic N) is 1. The molecule has 2 aromatic rings. The molecule has 0 saturated heterocycles. The quantitative estimate of drug-likeness (QED) is 0.879. The van der Waals surface area contributed by atoms with Crippen molar-refractivity contribution in [3.8, 4) is 0 Å². The Bertz CT molecular complexity index is 635. The molecule has 0 saturated carbocycles. The summed E-state index contributed by atoms with van der Waals surface area (Å²) in [6.45, 7) is 9.77. The van der Waals surface area contributed by atoms with Crippen LogP contribution in [0.25, 0.3) is 0 Å². The first-order valence-electron chi connectivity index (χ1n) is 7.27. The summed E-state index contributed by atoms with van der Waals surface area (Å²) in [4.78, 5) is 1.42. The minimum atomic E-state index is -0.307. The van der Waals surface area contributed by atoms with Crippen LogP contribution in [0.4, 0.5) is 0 Å². The molecule has 108 valence electrons. The van der Waals surface area contributed by atoms with E-state index < -0.39 is 0 Å². The van der Waals surface area contributed by atoms with E-state index in [-0.39, 0.29) is 11.5 Å². The lowest BCUT2D eigenvalue weighted by Gasteiger charge is -2.34. The summed E-state index contributed by atoms with van der Waals surface area (Å²) in [6, 6.07) is 4.36. The van der Waals surface area contributed by atoms with Crippen LogP contribution in [-0.2, 0) is 13.0 Å². The molecule has 0 bridgehead atoms. The number of fused-ring (bicyclic) bond motifs is 1. The predicted molar refractivity (Wildman–Crippen MR) is 84.4 cm³/mol. The summed E-state index contributed by atoms with van der Waals surface area (Å²) in [5, 5.41) is 12.6. The molecule has 2 heterocycles. The first-order valence-corrected chi connectivity index (χ1v) is 8.15. The van der Waals surface area contributed by atoms with Gasteiger partial charge in [0.05, 0.1) is 12.6 Å². The third-order valence-electron chi connectivity index (χ3n) is 4.47. The molecule has 0 aliphatic heterocycles. The molecular formula is C17H23NOS. The van der Waals surface area contributed by atoms with E-state index in [1.165, 1.54) is 21.8 Å². The number of hydrogen-bond donors (Lipinski definition) is 1. The Kier molecular flexibility index (Phi) is 3.30. The summed E-state index contributed by atoms with van der Waals surface area (Å²) in [7, 11) is 0. The molecule has 0 fully saturated rings. The lowest BCUT2D eigenvalue weighted by Crippen LogP contribution is -2.27. The van der Waals surface area contributed by atoms with Crippen LogP contribution >= 0.6 is 11.3 Å². The average Bonchev–Trinajstić information content (AvgIpc) is 2.86. The fourth-order valence-electron chi connectivity index (χ4n) is 3.33. The third-order valence-corrected chi connectivity index (χ3v) is 5.48. The zero-order chi connectivity index (χ0) is 14.5. The molecule has 2 nitrogen and oxygen atoms in total. The van der Waals surface area contributed by atoms with Crippen LogP contribution in [0.2, 0.25) is 0 Å². The van der Waals surface area contributed by atoms with E-state index in [9.17, 15) is 5.11 Å². The molecule has 1 N–H and O–H groups in total. The van der Waals surface area contributed by atoms with Crippen LogP contribution in [0.3, 0.4) is 0 Å². The summed E-state index contributed by atoms with van der Waals surface area (Å²) >= 11 is 1.82. The van der Waals surface area contributed by atoms with E-state index >= 15 is 0 Å². The molecule has 1 aliphatic rings. The highest BCUT2D eigenvalue weighted by Gasteiger charge is 2.34. The Morgan fingerprint density at radius 2 is 2.15 bits per heavy atom. The number of hydrogen-bond acceptors (Lipinski definition) is 2. The maximum atomic E-state index is 10.4. The number of thiophene rings is 1. The van der Waals surface area contributed by atoms with E-state index in [0.717, 1.165) is 24.9 Å². The average molecular weight is 289 g/mol. The minimum absolute atomic E-state index is 0.180. The van der Waals surface area contributed by atoms with Gasteiger partial charge >= 0.3 is 0 Å². The van der Waals surface area contributed by atoms with Crippen LogP contribution in [0.5, 0.6) is 0 Å². The number of aliphatic hydroxyl groups excluding tert-OH is 1. The lowest BCUT2D eigenvalue weighted by atomic mass is 9.75. The van der Waals surface area contributed by atoms with Crippen molar-refractivity contribution in [2.45, 2.75) is 53.2 Å². The van der Waals surface area contributed by atoms with Gasteiger partial charge in [-0.3, -0.25) is 0 Å². The van der Waals surface area contributed by atoms with Crippen LogP contribution in [0, 0.1) is 19.3 Å². The maximum absolute atomic E-state index is 10.4. The number of rotatable bonds is 2. The van der Waals surface area contributed by atoms with E-state index in [2.05, 4.69) is 49.8 Å². The van der Waals surface area contributed by atoms with Gasteiger partial charge in [-0.2, -0.15) is 0 Å². The molecule has 3 rings (SSSR count). The highest BCUT2D eigenvalue weighted by molar-refractivity contribution is 7.10. The van der Waals surface area contributed by atoms with Gasteiger partial charge < -0.3 is 9.67 Å². The molecule has 1 unspecified atom stereocenters. The number of aryl methyl sites for hydroxylation is 2. The second-order valence-electron chi connectivity index (χ2n) is 6.86. The summed E-state index contributed by atoms with van der Waals surface area (Å²) in [5.74, 6) is 0. The first kappa shape index (κ1) is 13.9. The fraction of sp³-hybridized carbons (Fsp3) is 0.529. The number of aromatic nitrogens is 1. The van der Waals surface area contributed by atoms with Gasteiger partial charge in [-0.05, 0) is 55.2 Å². The zero-order valence-electron chi connectivity index (χ0n) is 12.7. The van der Waals surface area contributed by atoms with Gasteiger partial charge in [0.25, 0.3) is 0 Å². The highest BCUT2D eigenvalue weighted by Crippen LogP contribution is 2.42. The molecule has 0 radical (unpaired) electrons. The Morgan fingerprint density at radius 3 is 2.80 bits per heavy atom. The molecule has 1 atom stereocenters. The van der Waals surface area contributed by atoms with Gasteiger partial charge in [0.1, 0.15) is 0 Å². The molecule has 20 heavy (non-hydrogen) atoms. The van der Waals surface area contributed by atoms with Gasteiger partial charge in [-0.1, -0.05) is 13.8 Å². The second kappa shape index (κ2) is 4.74. The zero-order valence-corrected chi connectivity index (χ0v) is 13.5. The predicted octanol–water partition coefficient (Wildman–Crippen LogP) is 4.22. The largest absolute Gasteiger partial charge is 0.388 e. The smallest absolute Gasteiger partial charge is 0.0812 e. The Balaban J connectivity index is 2.03. The normalized spacial score (nSPS) is 20.9. The van der Waals surface area contributed by atoms with Crippen LogP contribution in [-0.4, -0.2) is 9.67 Å². The Labute approximate surface area is 125 Å². The standard InChI is InChI=1S/C17H23NOS/c1-11-5-6-20-16(11)10-18-12(2)7-13-14(18)8-17(3,4)9-15(13)19/h5-7,15,19H,8-10H2,1-4H3.